The van der Waals surface area contributed by atoms with Crippen LogP contribution in [0.2, 0.25) is 0 Å². The van der Waals surface area contributed by atoms with Crippen molar-refractivity contribution in [2.45, 2.75) is 12.8 Å². The molecule has 0 atom stereocenters. The van der Waals surface area contributed by atoms with Gasteiger partial charge in [-0.25, -0.2) is 0 Å². The fourth-order valence-electron chi connectivity index (χ4n) is 7.36. The molecule has 3 aliphatic rings. The summed E-state index contributed by atoms with van der Waals surface area (Å²) in [6.45, 7) is 0. The van der Waals surface area contributed by atoms with Crippen molar-refractivity contribution in [1.82, 2.24) is 0 Å². The second kappa shape index (κ2) is 17.2. The molecule has 56 heavy (non-hydrogen) atoms. The maximum atomic E-state index is 2.41. The van der Waals surface area contributed by atoms with Crippen LogP contribution in [-0.2, 0) is 12.8 Å². The van der Waals surface area contributed by atoms with Gasteiger partial charge in [-0.05, 0) is 69.4 Å². The Hall–Kier alpha value is -4.14. The minimum atomic E-state index is 0.324. The van der Waals surface area contributed by atoms with Crippen LogP contribution in [0.25, 0.3) is 0 Å². The summed E-state index contributed by atoms with van der Waals surface area (Å²) >= 11 is 5.43. The van der Waals surface area contributed by atoms with E-state index in [9.17, 15) is 0 Å². The molecular weight excluding hydrogens is 1040 g/mol. The van der Waals surface area contributed by atoms with Crippen molar-refractivity contribution in [2.75, 3.05) is 9.80 Å². The van der Waals surface area contributed by atoms with E-state index in [2.05, 4.69) is 249 Å². The average molecular weight is 1080 g/mol. The van der Waals surface area contributed by atoms with Gasteiger partial charge in [0.1, 0.15) is 0 Å². The molecule has 272 valence electrons. The minimum absolute atomic E-state index is 0.324. The van der Waals surface area contributed by atoms with Crippen LogP contribution < -0.4 is 27.6 Å². The van der Waals surface area contributed by atoms with Gasteiger partial charge in [0, 0.05) is 7.14 Å². The topological polar surface area (TPSA) is 6.48 Å². The third-order valence-corrected chi connectivity index (χ3v) is 16.4. The molecule has 0 N–H and O–H groups in total. The number of hydrogen-bond donors (Lipinski definition) is 0. The first kappa shape index (κ1) is 37.4. The number of rotatable bonds is 2. The summed E-state index contributed by atoms with van der Waals surface area (Å²) < 4.78 is 8.55. The van der Waals surface area contributed by atoms with Gasteiger partial charge in [-0.1, -0.05) is 0 Å². The van der Waals surface area contributed by atoms with Crippen molar-refractivity contribution in [3.63, 3.8) is 0 Å². The standard InChI is InChI=1S/C31H22N2Se.C13H10Se.C6H4I2/c1-3-11-26-22(9-1)21-23-10-2-4-12-27(23)32(26)24-17-19-25(20-18-24)33-28-13-5-7-15-30(28)34-31-16-8-6-14-29(31)33;1-3-7-12-10(5-1)9-11-6-2-4-8-13(11)14-12;7-5-1-2-6(8)4-3-5/h1-20H,21H2;1-8H,9H2;1-4H. The van der Waals surface area contributed by atoms with Gasteiger partial charge in [0.2, 0.25) is 0 Å². The van der Waals surface area contributed by atoms with Crippen LogP contribution in [-0.4, -0.2) is 29.9 Å². The monoisotopic (exact) mass is 1080 g/mol. The number of anilines is 6. The molecule has 0 spiro atoms. The van der Waals surface area contributed by atoms with E-state index in [-0.39, 0.29) is 0 Å². The summed E-state index contributed by atoms with van der Waals surface area (Å²) in [5.74, 6) is 0. The summed E-state index contributed by atoms with van der Waals surface area (Å²) in [5, 5.41) is 0. The zero-order chi connectivity index (χ0) is 37.8. The number of hydrogen-bond acceptors (Lipinski definition) is 2. The molecule has 0 aliphatic carbocycles. The molecule has 0 radical (unpaired) electrons. The van der Waals surface area contributed by atoms with E-state index < -0.39 is 0 Å². The van der Waals surface area contributed by atoms with Crippen molar-refractivity contribution in [3.05, 3.63) is 224 Å². The first-order valence-electron chi connectivity index (χ1n) is 18.6. The van der Waals surface area contributed by atoms with Gasteiger partial charge in [0.05, 0.1) is 0 Å². The fraction of sp³-hybridized carbons (Fsp3) is 0.0400. The molecule has 8 aromatic rings. The van der Waals surface area contributed by atoms with E-state index >= 15 is 0 Å². The summed E-state index contributed by atoms with van der Waals surface area (Å²) in [6, 6.07) is 70.2. The van der Waals surface area contributed by atoms with E-state index in [4.69, 9.17) is 0 Å². The van der Waals surface area contributed by atoms with Crippen molar-refractivity contribution in [1.29, 1.82) is 0 Å². The van der Waals surface area contributed by atoms with E-state index in [1.54, 1.807) is 8.92 Å². The normalized spacial score (nSPS) is 12.8. The second-order valence-electron chi connectivity index (χ2n) is 13.6. The number of halogens is 2. The molecule has 0 saturated heterocycles. The molecule has 3 aliphatic heterocycles. The Bertz CT molecular complexity index is 2330. The summed E-state index contributed by atoms with van der Waals surface area (Å²) in [4.78, 5) is 4.82. The molecule has 0 fully saturated rings. The molecule has 8 aromatic carbocycles. The van der Waals surface area contributed by atoms with Gasteiger partial charge in [0.15, 0.2) is 0 Å². The predicted octanol–water partition coefficient (Wildman–Crippen LogP) is 10.6. The first-order chi connectivity index (χ1) is 27.6. The van der Waals surface area contributed by atoms with Gasteiger partial charge < -0.3 is 0 Å². The molecule has 6 heteroatoms. The SMILES string of the molecule is Ic1ccc(I)cc1.c1ccc2c(c1)Cc1ccccc1N2c1ccc(N2c3ccccc3[Se]c3ccccc32)cc1.c1ccc2c(c1)Cc1ccccc1[Se]2. The molecule has 0 bridgehead atoms. The summed E-state index contributed by atoms with van der Waals surface area (Å²) in [7, 11) is 0. The fourth-order valence-corrected chi connectivity index (χ4v) is 12.5. The van der Waals surface area contributed by atoms with Crippen LogP contribution in [0.3, 0.4) is 0 Å². The zero-order valence-electron chi connectivity index (χ0n) is 30.4. The van der Waals surface area contributed by atoms with Crippen molar-refractivity contribution in [3.8, 4) is 0 Å². The first-order valence-corrected chi connectivity index (χ1v) is 24.1. The van der Waals surface area contributed by atoms with E-state index in [1.165, 1.54) is 72.4 Å². The van der Waals surface area contributed by atoms with Crippen LogP contribution >= 0.6 is 45.2 Å². The Kier molecular flexibility index (Phi) is 11.5. The van der Waals surface area contributed by atoms with Crippen molar-refractivity contribution < 1.29 is 0 Å². The van der Waals surface area contributed by atoms with Crippen LogP contribution in [0.5, 0.6) is 0 Å². The number of nitrogens with zero attached hydrogens (tertiary/aromatic N) is 2. The number of benzene rings is 8. The molecule has 0 saturated carbocycles. The van der Waals surface area contributed by atoms with E-state index in [0.29, 0.717) is 29.9 Å². The molecule has 2 nitrogen and oxygen atoms in total. The summed E-state index contributed by atoms with van der Waals surface area (Å²) in [6.07, 6.45) is 2.10. The molecular formula is C50H36I2N2Se2. The van der Waals surface area contributed by atoms with Gasteiger partial charge in [0.25, 0.3) is 0 Å². The third kappa shape index (κ3) is 8.02. The molecule has 3 heterocycles. The van der Waals surface area contributed by atoms with Crippen LogP contribution in [0.1, 0.15) is 22.3 Å². The number of fused-ring (bicyclic) bond motifs is 6. The Morgan fingerprint density at radius 2 is 0.607 bits per heavy atom. The average Bonchev–Trinajstić information content (AvgIpc) is 3.25. The predicted molar refractivity (Wildman–Crippen MR) is 256 cm³/mol. The number of para-hydroxylation sites is 4. The van der Waals surface area contributed by atoms with Crippen molar-refractivity contribution in [2.24, 2.45) is 0 Å². The molecule has 0 aromatic heterocycles. The Morgan fingerprint density at radius 1 is 0.304 bits per heavy atom. The molecule has 0 amide bonds. The van der Waals surface area contributed by atoms with Crippen LogP contribution in [0.15, 0.2) is 194 Å². The van der Waals surface area contributed by atoms with Gasteiger partial charge in [-0.15, -0.1) is 0 Å². The van der Waals surface area contributed by atoms with Crippen LogP contribution in [0, 0.1) is 7.14 Å². The van der Waals surface area contributed by atoms with Gasteiger partial charge >= 0.3 is 297 Å². The van der Waals surface area contributed by atoms with Crippen LogP contribution in [0.4, 0.5) is 34.1 Å². The van der Waals surface area contributed by atoms with E-state index in [0.717, 1.165) is 12.8 Å². The Balaban J connectivity index is 0.000000151. The molecule has 0 unspecified atom stereocenters. The quantitative estimate of drug-likeness (QED) is 0.126. The van der Waals surface area contributed by atoms with Crippen molar-refractivity contribution >= 4 is 127 Å². The third-order valence-electron chi connectivity index (χ3n) is 9.99. The molecule has 11 rings (SSSR count). The van der Waals surface area contributed by atoms with Gasteiger partial charge in [-0.2, -0.15) is 0 Å². The second-order valence-corrected chi connectivity index (χ2v) is 20.6. The van der Waals surface area contributed by atoms with Gasteiger partial charge in [-0.3, -0.25) is 0 Å². The Morgan fingerprint density at radius 3 is 1.05 bits per heavy atom. The maximum absolute atomic E-state index is 2.41. The zero-order valence-corrected chi connectivity index (χ0v) is 38.1. The van der Waals surface area contributed by atoms with E-state index in [1.807, 2.05) is 0 Å². The Labute approximate surface area is 369 Å². The summed E-state index contributed by atoms with van der Waals surface area (Å²) in [5.41, 5.74) is 13.3.